The molecule has 1 atom stereocenters. The fourth-order valence-corrected chi connectivity index (χ4v) is 3.40. The summed E-state index contributed by atoms with van der Waals surface area (Å²) in [6.07, 6.45) is 2.46. The molecule has 0 aromatic heterocycles. The van der Waals surface area contributed by atoms with Gasteiger partial charge in [-0.15, -0.1) is 0 Å². The normalized spacial score (nSPS) is 23.6. The van der Waals surface area contributed by atoms with E-state index in [9.17, 15) is 9.59 Å². The molecule has 1 unspecified atom stereocenters. The number of nitrogens with zero attached hydrogens (tertiary/aromatic N) is 1. The van der Waals surface area contributed by atoms with Gasteiger partial charge in [0.25, 0.3) is 0 Å². The largest absolute Gasteiger partial charge is 0.481 e. The Labute approximate surface area is 129 Å². The van der Waals surface area contributed by atoms with E-state index >= 15 is 0 Å². The van der Waals surface area contributed by atoms with Crippen LogP contribution >= 0.6 is 0 Å². The van der Waals surface area contributed by atoms with E-state index < -0.39 is 11.9 Å². The van der Waals surface area contributed by atoms with Crippen molar-refractivity contribution in [2.75, 3.05) is 19.7 Å². The zero-order chi connectivity index (χ0) is 15.6. The average molecular weight is 303 g/mol. The Morgan fingerprint density at radius 1 is 1.23 bits per heavy atom. The second-order valence-corrected chi connectivity index (χ2v) is 6.28. The summed E-state index contributed by atoms with van der Waals surface area (Å²) in [5.74, 6) is -1.04. The third kappa shape index (κ3) is 3.14. The standard InChI is InChI=1S/C17H21NO4/c19-15(10-13-4-2-1-3-5-13)18-8-6-17(7-9-18)11-14(12-22-17)16(20)21/h1-5,14H,6-12H2,(H,20,21). The maximum atomic E-state index is 12.3. The highest BCUT2D eigenvalue weighted by atomic mass is 16.5. The first-order valence-electron chi connectivity index (χ1n) is 7.76. The quantitative estimate of drug-likeness (QED) is 0.923. The Morgan fingerprint density at radius 2 is 1.91 bits per heavy atom. The van der Waals surface area contributed by atoms with Crippen LogP contribution in [0.2, 0.25) is 0 Å². The molecule has 1 spiro atoms. The van der Waals surface area contributed by atoms with E-state index in [4.69, 9.17) is 9.84 Å². The van der Waals surface area contributed by atoms with Gasteiger partial charge in [0.2, 0.25) is 5.91 Å². The zero-order valence-electron chi connectivity index (χ0n) is 12.5. The van der Waals surface area contributed by atoms with Gasteiger partial charge >= 0.3 is 5.97 Å². The van der Waals surface area contributed by atoms with E-state index in [0.717, 1.165) is 18.4 Å². The molecule has 0 radical (unpaired) electrons. The van der Waals surface area contributed by atoms with Crippen molar-refractivity contribution in [3.8, 4) is 0 Å². The van der Waals surface area contributed by atoms with Crippen molar-refractivity contribution in [1.82, 2.24) is 4.90 Å². The first kappa shape index (κ1) is 15.0. The summed E-state index contributed by atoms with van der Waals surface area (Å²) in [5.41, 5.74) is 0.697. The van der Waals surface area contributed by atoms with Crippen LogP contribution in [0.15, 0.2) is 30.3 Å². The number of carboxylic acid groups (broad SMARTS) is 1. The van der Waals surface area contributed by atoms with Gasteiger partial charge in [0.15, 0.2) is 0 Å². The number of amides is 1. The molecule has 0 bridgehead atoms. The molecule has 2 heterocycles. The van der Waals surface area contributed by atoms with Gasteiger partial charge in [-0.2, -0.15) is 0 Å². The molecule has 118 valence electrons. The lowest BCUT2D eigenvalue weighted by atomic mass is 9.85. The molecule has 1 aromatic carbocycles. The van der Waals surface area contributed by atoms with E-state index in [1.54, 1.807) is 0 Å². The molecular weight excluding hydrogens is 282 g/mol. The molecule has 2 aliphatic rings. The Kier molecular flexibility index (Phi) is 4.16. The number of likely N-dealkylation sites (tertiary alicyclic amines) is 1. The summed E-state index contributed by atoms with van der Waals surface area (Å²) in [5, 5.41) is 9.09. The predicted octanol–water partition coefficient (Wildman–Crippen LogP) is 1.71. The van der Waals surface area contributed by atoms with Crippen molar-refractivity contribution >= 4 is 11.9 Å². The minimum Gasteiger partial charge on any atom is -0.481 e. The lowest BCUT2D eigenvalue weighted by Gasteiger charge is -2.38. The van der Waals surface area contributed by atoms with Crippen molar-refractivity contribution in [3.63, 3.8) is 0 Å². The third-order valence-electron chi connectivity index (χ3n) is 4.78. The Morgan fingerprint density at radius 3 is 2.50 bits per heavy atom. The summed E-state index contributed by atoms with van der Waals surface area (Å²) in [6, 6.07) is 9.73. The summed E-state index contributed by atoms with van der Waals surface area (Å²) in [6.45, 7) is 1.60. The Balaban J connectivity index is 1.54. The smallest absolute Gasteiger partial charge is 0.308 e. The van der Waals surface area contributed by atoms with Gasteiger partial charge in [-0.3, -0.25) is 9.59 Å². The van der Waals surface area contributed by atoms with Crippen LogP contribution in [-0.2, 0) is 20.7 Å². The predicted molar refractivity (Wildman–Crippen MR) is 80.4 cm³/mol. The minimum absolute atomic E-state index is 0.133. The lowest BCUT2D eigenvalue weighted by Crippen LogP contribution is -2.47. The molecule has 2 fully saturated rings. The molecular formula is C17H21NO4. The van der Waals surface area contributed by atoms with E-state index in [0.29, 0.717) is 32.5 Å². The number of carbonyl (C=O) groups is 2. The Bertz CT molecular complexity index is 549. The molecule has 2 aliphatic heterocycles. The maximum Gasteiger partial charge on any atom is 0.308 e. The molecule has 5 heteroatoms. The number of aliphatic carboxylic acids is 1. The number of carboxylic acids is 1. The lowest BCUT2D eigenvalue weighted by molar-refractivity contribution is -0.141. The topological polar surface area (TPSA) is 66.8 Å². The number of rotatable bonds is 3. The Hall–Kier alpha value is -1.88. The van der Waals surface area contributed by atoms with Crippen LogP contribution < -0.4 is 0 Å². The zero-order valence-corrected chi connectivity index (χ0v) is 12.5. The molecule has 22 heavy (non-hydrogen) atoms. The molecule has 0 aliphatic carbocycles. The number of carbonyl (C=O) groups excluding carboxylic acids is 1. The van der Waals surface area contributed by atoms with E-state index in [1.807, 2.05) is 35.2 Å². The second-order valence-electron chi connectivity index (χ2n) is 6.28. The summed E-state index contributed by atoms with van der Waals surface area (Å²) >= 11 is 0. The van der Waals surface area contributed by atoms with Crippen LogP contribution in [-0.4, -0.2) is 47.2 Å². The fraction of sp³-hybridized carbons (Fsp3) is 0.529. The third-order valence-corrected chi connectivity index (χ3v) is 4.78. The monoisotopic (exact) mass is 303 g/mol. The molecule has 1 aromatic rings. The van der Waals surface area contributed by atoms with Crippen LogP contribution in [0.1, 0.15) is 24.8 Å². The van der Waals surface area contributed by atoms with E-state index in [1.165, 1.54) is 0 Å². The SMILES string of the molecule is O=C(O)C1COC2(CCN(C(=O)Cc3ccccc3)CC2)C1. The van der Waals surface area contributed by atoms with Gasteiger partial charge in [-0.25, -0.2) is 0 Å². The van der Waals surface area contributed by atoms with Gasteiger partial charge in [-0.05, 0) is 24.8 Å². The van der Waals surface area contributed by atoms with Crippen LogP contribution in [0.4, 0.5) is 0 Å². The molecule has 3 rings (SSSR count). The van der Waals surface area contributed by atoms with Crippen molar-refractivity contribution < 1.29 is 19.4 Å². The maximum absolute atomic E-state index is 12.3. The van der Waals surface area contributed by atoms with Crippen molar-refractivity contribution in [1.29, 1.82) is 0 Å². The number of hydrogen-bond acceptors (Lipinski definition) is 3. The van der Waals surface area contributed by atoms with Gasteiger partial charge in [0, 0.05) is 13.1 Å². The van der Waals surface area contributed by atoms with Gasteiger partial charge in [0.1, 0.15) is 0 Å². The highest BCUT2D eigenvalue weighted by Crippen LogP contribution is 2.38. The highest BCUT2D eigenvalue weighted by molar-refractivity contribution is 5.79. The molecule has 1 amide bonds. The average Bonchev–Trinajstić information content (AvgIpc) is 2.93. The van der Waals surface area contributed by atoms with Crippen LogP contribution in [0.5, 0.6) is 0 Å². The first-order valence-corrected chi connectivity index (χ1v) is 7.76. The fourth-order valence-electron chi connectivity index (χ4n) is 3.40. The summed E-state index contributed by atoms with van der Waals surface area (Å²) in [4.78, 5) is 25.3. The first-order chi connectivity index (χ1) is 10.6. The van der Waals surface area contributed by atoms with Gasteiger partial charge in [0.05, 0.1) is 24.5 Å². The van der Waals surface area contributed by atoms with E-state index in [-0.39, 0.29) is 11.5 Å². The number of ether oxygens (including phenoxy) is 1. The van der Waals surface area contributed by atoms with Crippen molar-refractivity contribution in [2.24, 2.45) is 5.92 Å². The number of piperidine rings is 1. The van der Waals surface area contributed by atoms with Crippen LogP contribution in [0.25, 0.3) is 0 Å². The van der Waals surface area contributed by atoms with E-state index in [2.05, 4.69) is 0 Å². The van der Waals surface area contributed by atoms with Crippen LogP contribution in [0, 0.1) is 5.92 Å². The van der Waals surface area contributed by atoms with Gasteiger partial charge in [-0.1, -0.05) is 30.3 Å². The molecule has 2 saturated heterocycles. The van der Waals surface area contributed by atoms with Crippen molar-refractivity contribution in [2.45, 2.75) is 31.3 Å². The van der Waals surface area contributed by atoms with Gasteiger partial charge < -0.3 is 14.7 Å². The minimum atomic E-state index is -0.778. The second kappa shape index (κ2) is 6.08. The summed E-state index contributed by atoms with van der Waals surface area (Å²) in [7, 11) is 0. The highest BCUT2D eigenvalue weighted by Gasteiger charge is 2.45. The number of hydrogen-bond donors (Lipinski definition) is 1. The number of benzene rings is 1. The molecule has 5 nitrogen and oxygen atoms in total. The van der Waals surface area contributed by atoms with Crippen molar-refractivity contribution in [3.05, 3.63) is 35.9 Å². The molecule has 0 saturated carbocycles. The van der Waals surface area contributed by atoms with Crippen LogP contribution in [0.3, 0.4) is 0 Å². The summed E-state index contributed by atoms with van der Waals surface area (Å²) < 4.78 is 5.78. The molecule has 1 N–H and O–H groups in total.